The van der Waals surface area contributed by atoms with E-state index < -0.39 is 0 Å². The number of nitrogens with one attached hydrogen (secondary N) is 1. The van der Waals surface area contributed by atoms with Gasteiger partial charge in [-0.3, -0.25) is 4.98 Å². The summed E-state index contributed by atoms with van der Waals surface area (Å²) in [5.41, 5.74) is 3.16. The largest absolute Gasteiger partial charge is 0.497 e. The topological polar surface area (TPSA) is 54.5 Å². The van der Waals surface area contributed by atoms with Gasteiger partial charge in [0.25, 0.3) is 0 Å². The highest BCUT2D eigenvalue weighted by molar-refractivity contribution is 7.07. The van der Waals surface area contributed by atoms with Crippen LogP contribution in [0.3, 0.4) is 0 Å². The van der Waals surface area contributed by atoms with Gasteiger partial charge in [0, 0.05) is 19.3 Å². The molecule has 0 spiro atoms. The number of carbonyl (C=O) groups is 1. The summed E-state index contributed by atoms with van der Waals surface area (Å²) in [5.74, 6) is 0.833. The molecule has 3 rings (SSSR count). The lowest BCUT2D eigenvalue weighted by Gasteiger charge is -2.22. The van der Waals surface area contributed by atoms with Gasteiger partial charge in [-0.05, 0) is 58.6 Å². The van der Waals surface area contributed by atoms with Gasteiger partial charge in [0.15, 0.2) is 0 Å². The lowest BCUT2D eigenvalue weighted by Crippen LogP contribution is -2.40. The lowest BCUT2D eigenvalue weighted by atomic mass is 10.1. The van der Waals surface area contributed by atoms with Gasteiger partial charge in [0.1, 0.15) is 5.75 Å². The van der Waals surface area contributed by atoms with Crippen molar-refractivity contribution < 1.29 is 9.53 Å². The Morgan fingerprint density at radius 1 is 1.11 bits per heavy atom. The van der Waals surface area contributed by atoms with E-state index in [1.165, 1.54) is 0 Å². The van der Waals surface area contributed by atoms with Crippen molar-refractivity contribution in [1.82, 2.24) is 15.2 Å². The number of hydrogen-bond acceptors (Lipinski definition) is 4. The Labute approximate surface area is 163 Å². The van der Waals surface area contributed by atoms with E-state index in [1.54, 1.807) is 29.5 Å². The normalized spacial score (nSPS) is 10.4. The summed E-state index contributed by atoms with van der Waals surface area (Å²) < 4.78 is 5.17. The average molecular weight is 382 g/mol. The first-order valence-corrected chi connectivity index (χ1v) is 9.75. The molecule has 0 unspecified atom stereocenters. The van der Waals surface area contributed by atoms with Gasteiger partial charge < -0.3 is 15.0 Å². The molecule has 0 aliphatic carbocycles. The Hall–Kier alpha value is -2.86. The number of ether oxygens (including phenoxy) is 1. The fourth-order valence-corrected chi connectivity index (χ4v) is 3.37. The molecule has 27 heavy (non-hydrogen) atoms. The predicted octanol–water partition coefficient (Wildman–Crippen LogP) is 4.11. The average Bonchev–Trinajstić information content (AvgIpc) is 3.22. The van der Waals surface area contributed by atoms with Crippen molar-refractivity contribution in [3.05, 3.63) is 82.3 Å². The number of aromatic nitrogens is 1. The molecule has 1 N–H and O–H groups in total. The SMILES string of the molecule is COc1ccc(CCNC(=O)N(Cc2ccsc2)Cc2ccccn2)cc1. The van der Waals surface area contributed by atoms with E-state index in [0.29, 0.717) is 19.6 Å². The maximum Gasteiger partial charge on any atom is 0.318 e. The number of carbonyl (C=O) groups excluding carboxylic acids is 1. The summed E-state index contributed by atoms with van der Waals surface area (Å²) in [6.45, 7) is 1.62. The molecule has 2 aromatic heterocycles. The summed E-state index contributed by atoms with van der Waals surface area (Å²) in [7, 11) is 1.65. The molecular weight excluding hydrogens is 358 g/mol. The van der Waals surface area contributed by atoms with Gasteiger partial charge >= 0.3 is 6.03 Å². The van der Waals surface area contributed by atoms with E-state index >= 15 is 0 Å². The molecule has 6 heteroatoms. The first-order valence-electron chi connectivity index (χ1n) is 8.81. The fraction of sp³-hybridized carbons (Fsp3) is 0.238. The van der Waals surface area contributed by atoms with E-state index in [4.69, 9.17) is 4.74 Å². The monoisotopic (exact) mass is 381 g/mol. The zero-order valence-electron chi connectivity index (χ0n) is 15.3. The molecule has 3 aromatic rings. The molecule has 0 aliphatic heterocycles. The van der Waals surface area contributed by atoms with Crippen molar-refractivity contribution in [2.75, 3.05) is 13.7 Å². The third-order valence-corrected chi connectivity index (χ3v) is 4.90. The van der Waals surface area contributed by atoms with Gasteiger partial charge in [-0.1, -0.05) is 18.2 Å². The van der Waals surface area contributed by atoms with Crippen molar-refractivity contribution >= 4 is 17.4 Å². The molecular formula is C21H23N3O2S. The van der Waals surface area contributed by atoms with Gasteiger partial charge in [0.05, 0.1) is 19.3 Å². The number of methoxy groups -OCH3 is 1. The summed E-state index contributed by atoms with van der Waals surface area (Å²) in [6.07, 6.45) is 2.52. The molecule has 1 aromatic carbocycles. The molecule has 0 fully saturated rings. The Morgan fingerprint density at radius 2 is 1.96 bits per heavy atom. The Balaban J connectivity index is 1.57. The van der Waals surface area contributed by atoms with Crippen LogP contribution in [0.5, 0.6) is 5.75 Å². The third-order valence-electron chi connectivity index (χ3n) is 4.17. The molecule has 0 saturated carbocycles. The van der Waals surface area contributed by atoms with Crippen LogP contribution in [0.25, 0.3) is 0 Å². The number of benzene rings is 1. The number of amides is 2. The first kappa shape index (κ1) is 18.9. The maximum atomic E-state index is 12.7. The standard InChI is InChI=1S/C21H23N3O2S/c1-26-20-7-5-17(6-8-20)9-12-23-21(25)24(14-18-10-13-27-16-18)15-19-4-2-3-11-22-19/h2-8,10-11,13,16H,9,12,14-15H2,1H3,(H,23,25). The molecule has 0 aliphatic rings. The summed E-state index contributed by atoms with van der Waals surface area (Å²) >= 11 is 1.63. The van der Waals surface area contributed by atoms with Crippen LogP contribution in [0.1, 0.15) is 16.8 Å². The minimum absolute atomic E-state index is 0.0830. The molecule has 2 heterocycles. The number of nitrogens with zero attached hydrogens (tertiary/aromatic N) is 2. The second-order valence-corrected chi connectivity index (χ2v) is 6.92. The smallest absolute Gasteiger partial charge is 0.318 e. The van der Waals surface area contributed by atoms with Crippen LogP contribution in [0.4, 0.5) is 4.79 Å². The molecule has 140 valence electrons. The molecule has 0 atom stereocenters. The number of urea groups is 1. The minimum atomic E-state index is -0.0830. The number of thiophene rings is 1. The summed E-state index contributed by atoms with van der Waals surface area (Å²) in [6, 6.07) is 15.6. The van der Waals surface area contributed by atoms with E-state index in [9.17, 15) is 4.79 Å². The molecule has 2 amide bonds. The van der Waals surface area contributed by atoms with Crippen molar-refractivity contribution in [3.63, 3.8) is 0 Å². The van der Waals surface area contributed by atoms with Crippen LogP contribution in [0.15, 0.2) is 65.5 Å². The molecule has 0 saturated heterocycles. The maximum absolute atomic E-state index is 12.7. The summed E-state index contributed by atoms with van der Waals surface area (Å²) in [4.78, 5) is 18.9. The zero-order chi connectivity index (χ0) is 18.9. The van der Waals surface area contributed by atoms with E-state index in [2.05, 4.69) is 15.7 Å². The van der Waals surface area contributed by atoms with Crippen LogP contribution < -0.4 is 10.1 Å². The summed E-state index contributed by atoms with van der Waals surface area (Å²) in [5, 5.41) is 7.11. The van der Waals surface area contributed by atoms with Crippen molar-refractivity contribution in [3.8, 4) is 5.75 Å². The molecule has 5 nitrogen and oxygen atoms in total. The number of hydrogen-bond donors (Lipinski definition) is 1. The first-order chi connectivity index (χ1) is 13.2. The lowest BCUT2D eigenvalue weighted by molar-refractivity contribution is 0.192. The third kappa shape index (κ3) is 5.82. The number of rotatable bonds is 8. The fourth-order valence-electron chi connectivity index (χ4n) is 2.71. The van der Waals surface area contributed by atoms with Gasteiger partial charge in [-0.25, -0.2) is 4.79 Å². The van der Waals surface area contributed by atoms with E-state index in [-0.39, 0.29) is 6.03 Å². The second kappa shape index (κ2) is 9.73. The highest BCUT2D eigenvalue weighted by Crippen LogP contribution is 2.13. The van der Waals surface area contributed by atoms with E-state index in [1.807, 2.05) is 53.9 Å². The Morgan fingerprint density at radius 3 is 2.63 bits per heavy atom. The van der Waals surface area contributed by atoms with Crippen LogP contribution >= 0.6 is 11.3 Å². The highest BCUT2D eigenvalue weighted by atomic mass is 32.1. The number of pyridine rings is 1. The zero-order valence-corrected chi connectivity index (χ0v) is 16.1. The molecule has 0 bridgehead atoms. The van der Waals surface area contributed by atoms with Gasteiger partial charge in [0.2, 0.25) is 0 Å². The minimum Gasteiger partial charge on any atom is -0.497 e. The quantitative estimate of drug-likeness (QED) is 0.639. The van der Waals surface area contributed by atoms with Crippen LogP contribution in [-0.4, -0.2) is 29.6 Å². The van der Waals surface area contributed by atoms with Gasteiger partial charge in [-0.15, -0.1) is 0 Å². The Kier molecular flexibility index (Phi) is 6.82. The van der Waals surface area contributed by atoms with Crippen molar-refractivity contribution in [1.29, 1.82) is 0 Å². The van der Waals surface area contributed by atoms with Crippen molar-refractivity contribution in [2.45, 2.75) is 19.5 Å². The van der Waals surface area contributed by atoms with Crippen LogP contribution in [-0.2, 0) is 19.5 Å². The van der Waals surface area contributed by atoms with Crippen LogP contribution in [0.2, 0.25) is 0 Å². The predicted molar refractivity (Wildman–Crippen MR) is 108 cm³/mol. The van der Waals surface area contributed by atoms with Crippen LogP contribution in [0, 0.1) is 0 Å². The Bertz CT molecular complexity index is 820. The van der Waals surface area contributed by atoms with Crippen molar-refractivity contribution in [2.24, 2.45) is 0 Å². The van der Waals surface area contributed by atoms with E-state index in [0.717, 1.165) is 29.0 Å². The highest BCUT2D eigenvalue weighted by Gasteiger charge is 2.15. The molecule has 0 radical (unpaired) electrons. The van der Waals surface area contributed by atoms with Gasteiger partial charge in [-0.2, -0.15) is 11.3 Å². The second-order valence-electron chi connectivity index (χ2n) is 6.14.